The summed E-state index contributed by atoms with van der Waals surface area (Å²) >= 11 is 0. The van der Waals surface area contributed by atoms with Gasteiger partial charge in [0.15, 0.2) is 0 Å². The van der Waals surface area contributed by atoms with Crippen LogP contribution >= 0.6 is 0 Å². The smallest absolute Gasteiger partial charge is 0.225 e. The summed E-state index contributed by atoms with van der Waals surface area (Å²) < 4.78 is 18.4. The summed E-state index contributed by atoms with van der Waals surface area (Å²) in [6.45, 7) is 6.69. The molecule has 1 fully saturated rings. The molecule has 0 N–H and O–H groups in total. The zero-order valence-corrected chi connectivity index (χ0v) is 12.2. The maximum absolute atomic E-state index is 13.2. The fraction of sp³-hybridized carbons (Fsp3) is 0.533. The average molecular weight is 280 g/mol. The Balaban J connectivity index is 2.06. The summed E-state index contributed by atoms with van der Waals surface area (Å²) in [5.41, 5.74) is 0.880. The zero-order valence-electron chi connectivity index (χ0n) is 12.2. The van der Waals surface area contributed by atoms with E-state index >= 15 is 0 Å². The van der Waals surface area contributed by atoms with Gasteiger partial charge in [0.2, 0.25) is 5.91 Å². The van der Waals surface area contributed by atoms with Crippen molar-refractivity contribution in [1.82, 2.24) is 4.90 Å². The highest BCUT2D eigenvalue weighted by molar-refractivity contribution is 5.78. The molecule has 0 radical (unpaired) electrons. The van der Waals surface area contributed by atoms with Gasteiger partial charge < -0.3 is 14.5 Å². The van der Waals surface area contributed by atoms with Gasteiger partial charge in [-0.15, -0.1) is 0 Å². The van der Waals surface area contributed by atoms with Crippen molar-refractivity contribution in [2.24, 2.45) is 5.92 Å². The van der Waals surface area contributed by atoms with Gasteiger partial charge in [0, 0.05) is 38.2 Å². The van der Waals surface area contributed by atoms with E-state index in [1.54, 1.807) is 6.07 Å². The van der Waals surface area contributed by atoms with E-state index in [-0.39, 0.29) is 17.6 Å². The number of anilines is 1. The second kappa shape index (κ2) is 6.11. The summed E-state index contributed by atoms with van der Waals surface area (Å²) in [7, 11) is 1.54. The third-order valence-corrected chi connectivity index (χ3v) is 3.57. The lowest BCUT2D eigenvalue weighted by molar-refractivity contribution is -0.134. The molecule has 2 rings (SSSR count). The Kier molecular flexibility index (Phi) is 4.47. The number of hydrogen-bond donors (Lipinski definition) is 0. The summed E-state index contributed by atoms with van der Waals surface area (Å²) in [4.78, 5) is 16.0. The summed E-state index contributed by atoms with van der Waals surface area (Å²) in [6, 6.07) is 4.55. The van der Waals surface area contributed by atoms with Crippen LogP contribution in [0.1, 0.15) is 13.8 Å². The van der Waals surface area contributed by atoms with Crippen LogP contribution in [0.4, 0.5) is 10.1 Å². The lowest BCUT2D eigenvalue weighted by Crippen LogP contribution is -2.50. The molecule has 0 bridgehead atoms. The van der Waals surface area contributed by atoms with Crippen molar-refractivity contribution in [3.63, 3.8) is 0 Å². The lowest BCUT2D eigenvalue weighted by Gasteiger charge is -2.37. The Morgan fingerprint density at radius 1 is 1.25 bits per heavy atom. The quantitative estimate of drug-likeness (QED) is 0.850. The highest BCUT2D eigenvalue weighted by Gasteiger charge is 2.24. The van der Waals surface area contributed by atoms with Gasteiger partial charge in [-0.2, -0.15) is 0 Å². The largest absolute Gasteiger partial charge is 0.494 e. The number of nitrogens with zero attached hydrogens (tertiary/aromatic N) is 2. The zero-order chi connectivity index (χ0) is 14.7. The summed E-state index contributed by atoms with van der Waals surface area (Å²) in [6.07, 6.45) is 0. The number of carbonyl (C=O) groups is 1. The fourth-order valence-corrected chi connectivity index (χ4v) is 2.45. The number of amides is 1. The SMILES string of the molecule is COc1cc(F)ccc1N1CCN(C(=O)C(C)C)CC1. The second-order valence-corrected chi connectivity index (χ2v) is 5.28. The second-order valence-electron chi connectivity index (χ2n) is 5.28. The number of halogens is 1. The van der Waals surface area contributed by atoms with E-state index in [1.807, 2.05) is 18.7 Å². The first-order valence-electron chi connectivity index (χ1n) is 6.90. The van der Waals surface area contributed by atoms with E-state index in [0.717, 1.165) is 18.8 Å². The molecule has 0 spiro atoms. The van der Waals surface area contributed by atoms with E-state index < -0.39 is 0 Å². The first-order valence-corrected chi connectivity index (χ1v) is 6.90. The Morgan fingerprint density at radius 2 is 1.90 bits per heavy atom. The molecule has 1 saturated heterocycles. The first kappa shape index (κ1) is 14.6. The molecule has 1 amide bonds. The van der Waals surface area contributed by atoms with Gasteiger partial charge in [-0.1, -0.05) is 13.8 Å². The van der Waals surface area contributed by atoms with Crippen LogP contribution in [0.5, 0.6) is 5.75 Å². The monoisotopic (exact) mass is 280 g/mol. The van der Waals surface area contributed by atoms with E-state index in [2.05, 4.69) is 4.90 Å². The van der Waals surface area contributed by atoms with Crippen LogP contribution in [0, 0.1) is 11.7 Å². The van der Waals surface area contributed by atoms with Crippen molar-refractivity contribution in [3.8, 4) is 5.75 Å². The molecule has 1 aromatic carbocycles. The van der Waals surface area contributed by atoms with Crippen LogP contribution in [-0.2, 0) is 4.79 Å². The van der Waals surface area contributed by atoms with Crippen molar-refractivity contribution in [2.45, 2.75) is 13.8 Å². The minimum absolute atomic E-state index is 0.0295. The van der Waals surface area contributed by atoms with Crippen LogP contribution in [-0.4, -0.2) is 44.1 Å². The fourth-order valence-electron chi connectivity index (χ4n) is 2.45. The number of hydrogen-bond acceptors (Lipinski definition) is 3. The molecule has 1 aromatic rings. The lowest BCUT2D eigenvalue weighted by atomic mass is 10.1. The number of rotatable bonds is 3. The maximum Gasteiger partial charge on any atom is 0.225 e. The molecular formula is C15H21FN2O2. The molecule has 20 heavy (non-hydrogen) atoms. The summed E-state index contributed by atoms with van der Waals surface area (Å²) in [5, 5.41) is 0. The van der Waals surface area contributed by atoms with E-state index in [4.69, 9.17) is 4.74 Å². The van der Waals surface area contributed by atoms with E-state index in [9.17, 15) is 9.18 Å². The van der Waals surface area contributed by atoms with Crippen LogP contribution in [0.3, 0.4) is 0 Å². The Morgan fingerprint density at radius 3 is 2.45 bits per heavy atom. The highest BCUT2D eigenvalue weighted by Crippen LogP contribution is 2.29. The molecule has 5 heteroatoms. The van der Waals surface area contributed by atoms with Crippen molar-refractivity contribution in [1.29, 1.82) is 0 Å². The van der Waals surface area contributed by atoms with Gasteiger partial charge in [0.1, 0.15) is 11.6 Å². The maximum atomic E-state index is 13.2. The van der Waals surface area contributed by atoms with Crippen molar-refractivity contribution < 1.29 is 13.9 Å². The van der Waals surface area contributed by atoms with Gasteiger partial charge >= 0.3 is 0 Å². The molecule has 0 aromatic heterocycles. The van der Waals surface area contributed by atoms with Gasteiger partial charge in [-0.25, -0.2) is 4.39 Å². The number of piperazine rings is 1. The minimum atomic E-state index is -0.306. The van der Waals surface area contributed by atoms with Crippen LogP contribution in [0.25, 0.3) is 0 Å². The molecule has 0 unspecified atom stereocenters. The van der Waals surface area contributed by atoms with Gasteiger partial charge in [0.25, 0.3) is 0 Å². The molecular weight excluding hydrogens is 259 g/mol. The van der Waals surface area contributed by atoms with Crippen LogP contribution in [0.15, 0.2) is 18.2 Å². The molecule has 0 atom stereocenters. The number of ether oxygens (including phenoxy) is 1. The molecule has 0 saturated carbocycles. The molecule has 1 heterocycles. The van der Waals surface area contributed by atoms with Crippen molar-refractivity contribution in [3.05, 3.63) is 24.0 Å². The Labute approximate surface area is 119 Å². The minimum Gasteiger partial charge on any atom is -0.494 e. The molecule has 0 aliphatic carbocycles. The van der Waals surface area contributed by atoms with Crippen LogP contribution < -0.4 is 9.64 Å². The highest BCUT2D eigenvalue weighted by atomic mass is 19.1. The molecule has 1 aliphatic rings. The number of benzene rings is 1. The molecule has 1 aliphatic heterocycles. The molecule has 110 valence electrons. The Hall–Kier alpha value is -1.78. The third-order valence-electron chi connectivity index (χ3n) is 3.57. The van der Waals surface area contributed by atoms with Crippen LogP contribution in [0.2, 0.25) is 0 Å². The van der Waals surface area contributed by atoms with Crippen molar-refractivity contribution >= 4 is 11.6 Å². The normalized spacial score (nSPS) is 15.7. The number of carbonyl (C=O) groups excluding carboxylic acids is 1. The van der Waals surface area contributed by atoms with Crippen molar-refractivity contribution in [2.75, 3.05) is 38.2 Å². The topological polar surface area (TPSA) is 32.8 Å². The van der Waals surface area contributed by atoms with E-state index in [1.165, 1.54) is 19.2 Å². The molecule has 4 nitrogen and oxygen atoms in total. The number of methoxy groups -OCH3 is 1. The first-order chi connectivity index (χ1) is 9.52. The average Bonchev–Trinajstić information content (AvgIpc) is 2.46. The van der Waals surface area contributed by atoms with Gasteiger partial charge in [-0.05, 0) is 12.1 Å². The summed E-state index contributed by atoms with van der Waals surface area (Å²) in [5.74, 6) is 0.450. The van der Waals surface area contributed by atoms with E-state index in [0.29, 0.717) is 18.8 Å². The third kappa shape index (κ3) is 3.03. The van der Waals surface area contributed by atoms with Gasteiger partial charge in [-0.3, -0.25) is 4.79 Å². The Bertz CT molecular complexity index is 483. The predicted molar refractivity (Wildman–Crippen MR) is 76.6 cm³/mol. The van der Waals surface area contributed by atoms with Gasteiger partial charge in [0.05, 0.1) is 12.8 Å². The predicted octanol–water partition coefficient (Wildman–Crippen LogP) is 2.14. The standard InChI is InChI=1S/C15H21FN2O2/c1-11(2)15(19)18-8-6-17(7-9-18)13-5-4-12(16)10-14(13)20-3/h4-5,10-11H,6-9H2,1-3H3.